The minimum absolute atomic E-state index is 0.00274. The van der Waals surface area contributed by atoms with Gasteiger partial charge in [-0.2, -0.15) is 0 Å². The van der Waals surface area contributed by atoms with Crippen LogP contribution in [0.2, 0.25) is 0 Å². The molecule has 7 heteroatoms. The first-order valence-corrected chi connectivity index (χ1v) is 17.4. The van der Waals surface area contributed by atoms with Crippen LogP contribution < -0.4 is 0 Å². The average Bonchev–Trinajstić information content (AvgIpc) is 3.31. The van der Waals surface area contributed by atoms with Crippen molar-refractivity contribution in [1.82, 2.24) is 0 Å². The highest BCUT2D eigenvalue weighted by Gasteiger charge is 2.61. The second-order valence-electron chi connectivity index (χ2n) is 15.9. The van der Waals surface area contributed by atoms with E-state index in [0.717, 1.165) is 44.9 Å². The zero-order chi connectivity index (χ0) is 31.9. The van der Waals surface area contributed by atoms with Crippen LogP contribution in [0.15, 0.2) is 23.8 Å². The lowest BCUT2D eigenvalue weighted by Crippen LogP contribution is -2.53. The molecule has 0 saturated heterocycles. The maximum atomic E-state index is 11.8. The zero-order valence-corrected chi connectivity index (χ0v) is 28.3. The van der Waals surface area contributed by atoms with E-state index in [2.05, 4.69) is 40.7 Å². The van der Waals surface area contributed by atoms with Crippen molar-refractivity contribution in [2.45, 2.75) is 149 Å². The van der Waals surface area contributed by atoms with Crippen molar-refractivity contribution < 1.29 is 33.6 Å². The SMILES string of the molecule is CC(=O)OC[C@H]1OC(OC2CC[C@@]3(C)C(=CCC4C3CC[C@@]3(C)C4CC[C@@H]3[C@@](C)(O)CCCC(C)C)C2)C=C[C@@H]1OC(C)=O. The van der Waals surface area contributed by atoms with Gasteiger partial charge in [-0.1, -0.05) is 52.2 Å². The number of fused-ring (bicyclic) bond motifs is 5. The smallest absolute Gasteiger partial charge is 0.303 e. The molecule has 0 radical (unpaired) electrons. The van der Waals surface area contributed by atoms with Crippen LogP contribution in [-0.4, -0.2) is 53.9 Å². The van der Waals surface area contributed by atoms with Crippen LogP contribution in [0.1, 0.15) is 119 Å². The molecule has 1 aliphatic heterocycles. The van der Waals surface area contributed by atoms with Crippen LogP contribution in [0.4, 0.5) is 0 Å². The quantitative estimate of drug-likeness (QED) is 0.204. The molecule has 11 atom stereocenters. The van der Waals surface area contributed by atoms with Crippen LogP contribution >= 0.6 is 0 Å². The third-order valence-electron chi connectivity index (χ3n) is 12.5. The largest absolute Gasteiger partial charge is 0.463 e. The van der Waals surface area contributed by atoms with Gasteiger partial charge in [0.1, 0.15) is 18.8 Å². The Balaban J connectivity index is 1.23. The van der Waals surface area contributed by atoms with Crippen molar-refractivity contribution in [1.29, 1.82) is 0 Å². The van der Waals surface area contributed by atoms with E-state index < -0.39 is 36.0 Å². The minimum Gasteiger partial charge on any atom is -0.463 e. The molecule has 3 fully saturated rings. The highest BCUT2D eigenvalue weighted by Crippen LogP contribution is 2.67. The van der Waals surface area contributed by atoms with Crippen molar-refractivity contribution >= 4 is 11.9 Å². The van der Waals surface area contributed by atoms with Crippen LogP contribution in [0.5, 0.6) is 0 Å². The first-order valence-electron chi connectivity index (χ1n) is 17.4. The van der Waals surface area contributed by atoms with Crippen molar-refractivity contribution in [3.8, 4) is 0 Å². The Morgan fingerprint density at radius 2 is 1.84 bits per heavy atom. The lowest BCUT2D eigenvalue weighted by atomic mass is 9.46. The van der Waals surface area contributed by atoms with Crippen molar-refractivity contribution in [2.75, 3.05) is 6.61 Å². The molecule has 4 aliphatic carbocycles. The fourth-order valence-corrected chi connectivity index (χ4v) is 10.3. The van der Waals surface area contributed by atoms with Gasteiger partial charge in [-0.05, 0) is 117 Å². The molecule has 5 aliphatic rings. The van der Waals surface area contributed by atoms with E-state index in [1.165, 1.54) is 39.5 Å². The maximum Gasteiger partial charge on any atom is 0.303 e. The maximum absolute atomic E-state index is 11.8. The van der Waals surface area contributed by atoms with Gasteiger partial charge < -0.3 is 24.1 Å². The zero-order valence-electron chi connectivity index (χ0n) is 28.3. The Kier molecular flexibility index (Phi) is 10.1. The van der Waals surface area contributed by atoms with Crippen molar-refractivity contribution in [3.63, 3.8) is 0 Å². The van der Waals surface area contributed by atoms with E-state index in [9.17, 15) is 14.7 Å². The molecule has 0 aromatic heterocycles. The lowest BCUT2D eigenvalue weighted by Gasteiger charge is -2.59. The summed E-state index contributed by atoms with van der Waals surface area (Å²) in [4.78, 5) is 23.0. The summed E-state index contributed by atoms with van der Waals surface area (Å²) >= 11 is 0. The highest BCUT2D eigenvalue weighted by atomic mass is 16.7. The molecule has 3 saturated carbocycles. The summed E-state index contributed by atoms with van der Waals surface area (Å²) < 4.78 is 23.2. The monoisotopic (exact) mass is 614 g/mol. The molecular weight excluding hydrogens is 556 g/mol. The van der Waals surface area contributed by atoms with Crippen LogP contribution in [0, 0.1) is 40.4 Å². The molecule has 0 aromatic carbocycles. The third kappa shape index (κ3) is 6.85. The predicted octanol–water partition coefficient (Wildman–Crippen LogP) is 7.30. The van der Waals surface area contributed by atoms with Crippen LogP contribution in [0.25, 0.3) is 0 Å². The topological polar surface area (TPSA) is 91.3 Å². The lowest BCUT2D eigenvalue weighted by molar-refractivity contribution is -0.213. The number of ether oxygens (including phenoxy) is 4. The molecule has 5 rings (SSSR count). The van der Waals surface area contributed by atoms with E-state index >= 15 is 0 Å². The number of rotatable bonds is 10. The van der Waals surface area contributed by atoms with E-state index in [4.69, 9.17) is 18.9 Å². The molecule has 0 aromatic rings. The van der Waals surface area contributed by atoms with Gasteiger partial charge in [0.15, 0.2) is 6.29 Å². The molecule has 0 spiro atoms. The number of esters is 2. The fourth-order valence-electron chi connectivity index (χ4n) is 10.3. The average molecular weight is 615 g/mol. The summed E-state index contributed by atoms with van der Waals surface area (Å²) in [5.74, 6) is 2.34. The van der Waals surface area contributed by atoms with Gasteiger partial charge in [0, 0.05) is 13.8 Å². The van der Waals surface area contributed by atoms with Crippen LogP contribution in [0.3, 0.4) is 0 Å². The number of carbonyl (C=O) groups excluding carboxylic acids is 2. The molecule has 44 heavy (non-hydrogen) atoms. The normalized spacial score (nSPS) is 41.2. The van der Waals surface area contributed by atoms with Gasteiger partial charge in [-0.15, -0.1) is 0 Å². The van der Waals surface area contributed by atoms with Crippen molar-refractivity contribution in [2.24, 2.45) is 40.4 Å². The second kappa shape index (κ2) is 13.2. The Labute approximate surface area is 265 Å². The molecule has 0 amide bonds. The van der Waals surface area contributed by atoms with Gasteiger partial charge in [-0.3, -0.25) is 9.59 Å². The Hall–Kier alpha value is -1.70. The standard InChI is InChI=1S/C37H58O7/c1-23(2)9-8-18-37(7,40)33-14-12-29-28-11-10-26-21-27(16-19-35(26,5)30(28)17-20-36(29,33)6)43-34-15-13-31(42-25(4)39)32(44-34)22-41-24(3)38/h10,13,15,23,27-34,40H,8-9,11-12,14,16-22H2,1-7H3/t27?,28?,29?,30?,31-,32+,33-,34?,35-,36-,37-/m0/s1. The number of carbonyl (C=O) groups is 2. The summed E-state index contributed by atoms with van der Waals surface area (Å²) in [5.41, 5.74) is 1.39. The third-order valence-corrected chi connectivity index (χ3v) is 12.5. The number of hydrogen-bond donors (Lipinski definition) is 1. The van der Waals surface area contributed by atoms with Crippen LogP contribution in [-0.2, 0) is 28.5 Å². The molecule has 1 heterocycles. The van der Waals surface area contributed by atoms with E-state index in [0.29, 0.717) is 29.6 Å². The van der Waals surface area contributed by atoms with Crippen molar-refractivity contribution in [3.05, 3.63) is 23.8 Å². The van der Waals surface area contributed by atoms with Gasteiger partial charge in [0.2, 0.25) is 0 Å². The molecule has 5 unspecified atom stereocenters. The van der Waals surface area contributed by atoms with E-state index in [-0.39, 0.29) is 23.5 Å². The fraction of sp³-hybridized carbons (Fsp3) is 0.838. The Morgan fingerprint density at radius 1 is 1.07 bits per heavy atom. The van der Waals surface area contributed by atoms with E-state index in [1.807, 2.05) is 6.08 Å². The number of aliphatic hydroxyl groups is 1. The minimum atomic E-state index is -0.616. The molecule has 0 bridgehead atoms. The second-order valence-corrected chi connectivity index (χ2v) is 15.9. The predicted molar refractivity (Wildman–Crippen MR) is 169 cm³/mol. The summed E-state index contributed by atoms with van der Waals surface area (Å²) in [7, 11) is 0. The van der Waals surface area contributed by atoms with Gasteiger partial charge in [-0.25, -0.2) is 0 Å². The van der Waals surface area contributed by atoms with Gasteiger partial charge in [0.25, 0.3) is 0 Å². The summed E-state index contributed by atoms with van der Waals surface area (Å²) in [6, 6.07) is 0. The summed E-state index contributed by atoms with van der Waals surface area (Å²) in [5, 5.41) is 11.8. The van der Waals surface area contributed by atoms with Gasteiger partial charge >= 0.3 is 11.9 Å². The molecule has 248 valence electrons. The van der Waals surface area contributed by atoms with Gasteiger partial charge in [0.05, 0.1) is 11.7 Å². The van der Waals surface area contributed by atoms with E-state index in [1.54, 1.807) is 11.6 Å². The summed E-state index contributed by atoms with van der Waals surface area (Å²) in [6.45, 7) is 14.4. The summed E-state index contributed by atoms with van der Waals surface area (Å²) in [6.07, 6.45) is 16.6. The number of allylic oxidation sites excluding steroid dienone is 1. The highest BCUT2D eigenvalue weighted by molar-refractivity contribution is 5.66. The first kappa shape index (κ1) is 33.7. The molecular formula is C37H58O7. The molecule has 1 N–H and O–H groups in total. The molecule has 7 nitrogen and oxygen atoms in total. The first-order chi connectivity index (χ1) is 20.7. The Bertz CT molecular complexity index is 1110. The Morgan fingerprint density at radius 3 is 2.55 bits per heavy atom. The number of hydrogen-bond acceptors (Lipinski definition) is 7.